The quantitative estimate of drug-likeness (QED) is 0.306. The maximum atomic E-state index is 6.09. The Labute approximate surface area is 144 Å². The van der Waals surface area contributed by atoms with E-state index in [1.807, 2.05) is 42.5 Å². The molecule has 118 valence electrons. The van der Waals surface area contributed by atoms with Crippen LogP contribution in [0, 0.1) is 0 Å². The van der Waals surface area contributed by atoms with E-state index in [1.54, 1.807) is 0 Å². The number of furan rings is 1. The predicted octanol–water partition coefficient (Wildman–Crippen LogP) is 5.48. The van der Waals surface area contributed by atoms with Crippen LogP contribution in [0.4, 0.5) is 5.69 Å². The van der Waals surface area contributed by atoms with Crippen molar-refractivity contribution in [1.82, 2.24) is 0 Å². The fourth-order valence-corrected chi connectivity index (χ4v) is 2.95. The molecule has 1 aromatic heterocycles. The van der Waals surface area contributed by atoms with Crippen LogP contribution in [-0.2, 0) is 0 Å². The van der Waals surface area contributed by atoms with Crippen LogP contribution >= 0.6 is 11.6 Å². The summed E-state index contributed by atoms with van der Waals surface area (Å²) in [5, 5.41) is 2.25. The van der Waals surface area contributed by atoms with Crippen LogP contribution < -0.4 is 5.73 Å². The molecule has 4 rings (SSSR count). The van der Waals surface area contributed by atoms with E-state index in [9.17, 15) is 0 Å². The first-order chi connectivity index (χ1) is 11.8. The van der Waals surface area contributed by atoms with Gasteiger partial charge in [-0.2, -0.15) is 0 Å². The Balaban J connectivity index is 1.84. The topological polar surface area (TPSA) is 51.5 Å². The summed E-state index contributed by atoms with van der Waals surface area (Å²) in [5.74, 6) is 0.629. The van der Waals surface area contributed by atoms with Gasteiger partial charge in [0.05, 0.1) is 11.6 Å². The molecule has 0 aliphatic carbocycles. The first-order valence-electron chi connectivity index (χ1n) is 7.66. The van der Waals surface area contributed by atoms with Crippen LogP contribution in [0.1, 0.15) is 0 Å². The van der Waals surface area contributed by atoms with Gasteiger partial charge in [-0.25, -0.2) is 4.99 Å². The zero-order chi connectivity index (χ0) is 16.5. The lowest BCUT2D eigenvalue weighted by Gasteiger charge is -2.04. The van der Waals surface area contributed by atoms with Gasteiger partial charge in [-0.15, -0.1) is 11.6 Å². The van der Waals surface area contributed by atoms with Gasteiger partial charge < -0.3 is 10.2 Å². The van der Waals surface area contributed by atoms with E-state index in [0.717, 1.165) is 38.8 Å². The molecule has 0 aliphatic heterocycles. The van der Waals surface area contributed by atoms with Crippen LogP contribution in [0.3, 0.4) is 0 Å². The average molecular weight is 335 g/mol. The zero-order valence-electron chi connectivity index (χ0n) is 12.9. The number of alkyl halides is 1. The molecule has 0 spiro atoms. The highest BCUT2D eigenvalue weighted by Gasteiger charge is 2.11. The van der Waals surface area contributed by atoms with E-state index in [0.29, 0.717) is 5.84 Å². The summed E-state index contributed by atoms with van der Waals surface area (Å²) in [7, 11) is 0. The first-order valence-corrected chi connectivity index (χ1v) is 8.19. The highest BCUT2D eigenvalue weighted by molar-refractivity contribution is 6.28. The smallest absolute Gasteiger partial charge is 0.143 e. The van der Waals surface area contributed by atoms with Gasteiger partial charge in [0.15, 0.2) is 0 Å². The van der Waals surface area contributed by atoms with Crippen LogP contribution in [0.25, 0.3) is 33.1 Å². The van der Waals surface area contributed by atoms with Gasteiger partial charge >= 0.3 is 0 Å². The number of para-hydroxylation sites is 2. The number of hydrogen-bond acceptors (Lipinski definition) is 2. The first kappa shape index (κ1) is 14.8. The molecule has 0 fully saturated rings. The standard InChI is InChI=1S/C20H15ClN2O/c21-12-19(22)23-14-10-8-13(9-11-14)15-5-3-6-17-16-4-1-2-7-18(16)24-20(15)17/h1-11H,12H2,(H2,22,23). The summed E-state index contributed by atoms with van der Waals surface area (Å²) in [5.41, 5.74) is 10.4. The fourth-order valence-electron chi connectivity index (χ4n) is 2.89. The van der Waals surface area contributed by atoms with Crippen molar-refractivity contribution in [2.24, 2.45) is 10.7 Å². The monoisotopic (exact) mass is 334 g/mol. The number of nitrogens with two attached hydrogens (primary N) is 1. The number of amidine groups is 1. The third-order valence-corrected chi connectivity index (χ3v) is 4.27. The number of halogens is 1. The third kappa shape index (κ3) is 2.53. The fraction of sp³-hybridized carbons (Fsp3) is 0.0500. The molecule has 24 heavy (non-hydrogen) atoms. The van der Waals surface area contributed by atoms with Gasteiger partial charge in [-0.1, -0.05) is 48.5 Å². The van der Waals surface area contributed by atoms with Crippen LogP contribution in [-0.4, -0.2) is 11.7 Å². The van der Waals surface area contributed by atoms with Crippen LogP contribution in [0.15, 0.2) is 76.1 Å². The van der Waals surface area contributed by atoms with Gasteiger partial charge in [0, 0.05) is 16.3 Å². The van der Waals surface area contributed by atoms with E-state index in [4.69, 9.17) is 21.8 Å². The predicted molar refractivity (Wildman–Crippen MR) is 101 cm³/mol. The molecule has 4 heteroatoms. The second-order valence-corrected chi connectivity index (χ2v) is 5.83. The van der Waals surface area contributed by atoms with Gasteiger partial charge in [-0.3, -0.25) is 0 Å². The number of nitrogens with zero attached hydrogens (tertiary/aromatic N) is 1. The van der Waals surface area contributed by atoms with Crippen molar-refractivity contribution in [3.05, 3.63) is 66.7 Å². The molecule has 0 amide bonds. The van der Waals surface area contributed by atoms with Crippen molar-refractivity contribution in [2.45, 2.75) is 0 Å². The van der Waals surface area contributed by atoms with Gasteiger partial charge in [0.25, 0.3) is 0 Å². The Bertz CT molecular complexity index is 1050. The summed E-state index contributed by atoms with van der Waals surface area (Å²) < 4.78 is 6.09. The maximum Gasteiger partial charge on any atom is 0.143 e. The molecule has 0 atom stereocenters. The van der Waals surface area contributed by atoms with E-state index < -0.39 is 0 Å². The molecule has 2 N–H and O–H groups in total. The molecule has 3 aromatic carbocycles. The van der Waals surface area contributed by atoms with Gasteiger partial charge in [0.1, 0.15) is 17.0 Å². The van der Waals surface area contributed by atoms with Crippen LogP contribution in [0.2, 0.25) is 0 Å². The average Bonchev–Trinajstić information content (AvgIpc) is 3.01. The number of fused-ring (bicyclic) bond motifs is 3. The minimum atomic E-state index is 0.222. The SMILES string of the molecule is NC(CCl)=Nc1ccc(-c2cccc3c2oc2ccccc23)cc1. The molecule has 0 bridgehead atoms. The molecule has 0 saturated carbocycles. The van der Waals surface area contributed by atoms with Gasteiger partial charge in [0.2, 0.25) is 0 Å². The molecule has 3 nitrogen and oxygen atoms in total. The molecule has 4 aromatic rings. The lowest BCUT2D eigenvalue weighted by molar-refractivity contribution is 0.670. The van der Waals surface area contributed by atoms with E-state index in [1.165, 1.54) is 0 Å². The molecule has 0 saturated heterocycles. The number of aliphatic imine (C=N–C) groups is 1. The highest BCUT2D eigenvalue weighted by Crippen LogP contribution is 2.35. The summed E-state index contributed by atoms with van der Waals surface area (Å²) in [6.07, 6.45) is 0. The molecular weight excluding hydrogens is 320 g/mol. The van der Waals surface area contributed by atoms with Crippen molar-refractivity contribution < 1.29 is 4.42 Å². The minimum Gasteiger partial charge on any atom is -0.455 e. The van der Waals surface area contributed by atoms with E-state index >= 15 is 0 Å². The Morgan fingerprint density at radius 2 is 1.67 bits per heavy atom. The zero-order valence-corrected chi connectivity index (χ0v) is 13.6. The van der Waals surface area contributed by atoms with Crippen molar-refractivity contribution in [3.63, 3.8) is 0 Å². The minimum absolute atomic E-state index is 0.222. The molecule has 0 radical (unpaired) electrons. The Morgan fingerprint density at radius 3 is 2.46 bits per heavy atom. The van der Waals surface area contributed by atoms with Crippen molar-refractivity contribution in [3.8, 4) is 11.1 Å². The molecular formula is C20H15ClN2O. The third-order valence-electron chi connectivity index (χ3n) is 3.99. The van der Waals surface area contributed by atoms with Crippen molar-refractivity contribution >= 4 is 45.1 Å². The van der Waals surface area contributed by atoms with E-state index in [2.05, 4.69) is 29.3 Å². The summed E-state index contributed by atoms with van der Waals surface area (Å²) in [6, 6.07) is 22.2. The van der Waals surface area contributed by atoms with Crippen molar-refractivity contribution in [1.29, 1.82) is 0 Å². The second kappa shape index (κ2) is 6.02. The summed E-state index contributed by atoms with van der Waals surface area (Å²) in [4.78, 5) is 4.25. The largest absolute Gasteiger partial charge is 0.455 e. The molecule has 1 heterocycles. The Morgan fingerprint density at radius 1 is 0.917 bits per heavy atom. The lowest BCUT2D eigenvalue weighted by Crippen LogP contribution is -2.12. The second-order valence-electron chi connectivity index (χ2n) is 5.56. The summed E-state index contributed by atoms with van der Waals surface area (Å²) in [6.45, 7) is 0. The Kier molecular flexibility index (Phi) is 3.71. The summed E-state index contributed by atoms with van der Waals surface area (Å²) >= 11 is 5.66. The van der Waals surface area contributed by atoms with E-state index in [-0.39, 0.29) is 5.88 Å². The maximum absolute atomic E-state index is 6.09. The van der Waals surface area contributed by atoms with Crippen molar-refractivity contribution in [2.75, 3.05) is 5.88 Å². The number of hydrogen-bond donors (Lipinski definition) is 1. The molecule has 0 aliphatic rings. The number of rotatable bonds is 3. The highest BCUT2D eigenvalue weighted by atomic mass is 35.5. The van der Waals surface area contributed by atoms with Crippen LogP contribution in [0.5, 0.6) is 0 Å². The normalized spacial score (nSPS) is 12.1. The Hall–Kier alpha value is -2.78. The van der Waals surface area contributed by atoms with Gasteiger partial charge in [-0.05, 0) is 23.8 Å². The number of benzene rings is 3. The lowest BCUT2D eigenvalue weighted by atomic mass is 10.0. The molecule has 0 unspecified atom stereocenters.